The van der Waals surface area contributed by atoms with Crippen LogP contribution < -0.4 is 14.8 Å². The van der Waals surface area contributed by atoms with E-state index >= 15 is 0 Å². The van der Waals surface area contributed by atoms with Crippen LogP contribution in [-0.2, 0) is 11.3 Å². The molecule has 140 valence electrons. The topological polar surface area (TPSA) is 39.1 Å². The van der Waals surface area contributed by atoms with Crippen LogP contribution in [0.25, 0.3) is 12.2 Å². The second-order valence-corrected chi connectivity index (χ2v) is 9.56. The summed E-state index contributed by atoms with van der Waals surface area (Å²) < 4.78 is 2.92. The molecule has 3 aromatic rings. The molecule has 0 unspecified atom stereocenters. The first-order chi connectivity index (χ1) is 12.7. The fourth-order valence-corrected chi connectivity index (χ4v) is 4.32. The molecule has 0 saturated carbocycles. The third-order valence-electron chi connectivity index (χ3n) is 4.00. The van der Waals surface area contributed by atoms with Gasteiger partial charge in [0.05, 0.1) is 11.1 Å². The van der Waals surface area contributed by atoms with E-state index in [2.05, 4.69) is 0 Å². The molecular weight excluding hydrogens is 398 g/mol. The number of rotatable bonds is 4. The Morgan fingerprint density at radius 1 is 1.26 bits per heavy atom. The zero-order chi connectivity index (χ0) is 19.6. The molecule has 27 heavy (non-hydrogen) atoms. The quantitative estimate of drug-likeness (QED) is 0.645. The molecule has 2 heterocycles. The van der Waals surface area contributed by atoms with E-state index in [1.807, 2.05) is 61.9 Å². The number of carbonyl (C=O) groups is 1. The Hall–Kier alpha value is -1.95. The van der Waals surface area contributed by atoms with E-state index in [9.17, 15) is 9.59 Å². The first-order valence-electron chi connectivity index (χ1n) is 8.48. The molecule has 2 aromatic heterocycles. The Kier molecular flexibility index (Phi) is 5.84. The van der Waals surface area contributed by atoms with E-state index in [1.54, 1.807) is 28.0 Å². The molecule has 0 bridgehead atoms. The van der Waals surface area contributed by atoms with E-state index in [1.165, 1.54) is 11.3 Å². The van der Waals surface area contributed by atoms with E-state index in [4.69, 9.17) is 11.6 Å². The van der Waals surface area contributed by atoms with Crippen molar-refractivity contribution < 1.29 is 4.79 Å². The molecule has 0 radical (unpaired) electrons. The Balaban J connectivity index is 2.17. The summed E-state index contributed by atoms with van der Waals surface area (Å²) in [7, 11) is 0. The van der Waals surface area contributed by atoms with Crippen LogP contribution in [0.3, 0.4) is 0 Å². The highest BCUT2D eigenvalue weighted by atomic mass is 35.5. The van der Waals surface area contributed by atoms with Gasteiger partial charge in [0.1, 0.15) is 4.66 Å². The average Bonchev–Trinajstić information content (AvgIpc) is 3.18. The molecule has 0 saturated heterocycles. The third kappa shape index (κ3) is 4.86. The van der Waals surface area contributed by atoms with Gasteiger partial charge < -0.3 is 0 Å². The van der Waals surface area contributed by atoms with Gasteiger partial charge in [0.15, 0.2) is 5.78 Å². The molecular formula is C21H20ClNO2S2. The lowest BCUT2D eigenvalue weighted by Gasteiger charge is -2.13. The Morgan fingerprint density at radius 2 is 2.04 bits per heavy atom. The maximum atomic E-state index is 13.0. The minimum Gasteiger partial charge on any atom is -0.294 e. The molecule has 6 heteroatoms. The van der Waals surface area contributed by atoms with Crippen LogP contribution in [0.4, 0.5) is 0 Å². The Bertz CT molecular complexity index is 1130. The number of aromatic nitrogens is 1. The summed E-state index contributed by atoms with van der Waals surface area (Å²) in [6.07, 6.45) is 3.46. The van der Waals surface area contributed by atoms with Crippen LogP contribution in [0.15, 0.2) is 45.9 Å². The van der Waals surface area contributed by atoms with Crippen LogP contribution in [0.1, 0.15) is 31.9 Å². The Morgan fingerprint density at radius 3 is 2.67 bits per heavy atom. The standard InChI is InChI=1S/C21H20ClNO2S2/c1-21(2,3)18(24)11-19-23(12-14-5-4-6-16(22)9-14)20(25)17(27-19)10-15-7-8-26-13-15/h4-11,13H,12H2,1-3H3/b17-10-,19-11-. The number of Topliss-reactive ketones (excluding diaryl/α,β-unsaturated/α-hetero) is 1. The second kappa shape index (κ2) is 7.97. The van der Waals surface area contributed by atoms with Crippen LogP contribution in [-0.4, -0.2) is 10.4 Å². The number of nitrogens with zero attached hydrogens (tertiary/aromatic N) is 1. The Labute approximate surface area is 170 Å². The van der Waals surface area contributed by atoms with E-state index in [0.717, 1.165) is 11.1 Å². The normalized spacial score (nSPS) is 13.3. The molecule has 0 N–H and O–H groups in total. The van der Waals surface area contributed by atoms with Crippen molar-refractivity contribution in [3.63, 3.8) is 0 Å². The van der Waals surface area contributed by atoms with Crippen LogP contribution in [0, 0.1) is 5.41 Å². The summed E-state index contributed by atoms with van der Waals surface area (Å²) in [6, 6.07) is 9.39. The maximum absolute atomic E-state index is 13.0. The predicted molar refractivity (Wildman–Crippen MR) is 115 cm³/mol. The highest BCUT2D eigenvalue weighted by Gasteiger charge is 2.19. The van der Waals surface area contributed by atoms with Gasteiger partial charge in [-0.25, -0.2) is 0 Å². The summed E-state index contributed by atoms with van der Waals surface area (Å²) in [5, 5.41) is 4.58. The molecule has 0 fully saturated rings. The van der Waals surface area contributed by atoms with E-state index < -0.39 is 5.41 Å². The van der Waals surface area contributed by atoms with Gasteiger partial charge in [-0.15, -0.1) is 11.3 Å². The van der Waals surface area contributed by atoms with E-state index in [0.29, 0.717) is 20.8 Å². The fraction of sp³-hybridized carbons (Fsp3) is 0.238. The SMILES string of the molecule is CC(C)(C)C(=O)/C=c1\s/c(=C\c2ccsc2)c(=O)n1Cc1cccc(Cl)c1. The van der Waals surface area contributed by atoms with Crippen molar-refractivity contribution in [3.8, 4) is 0 Å². The van der Waals surface area contributed by atoms with Crippen LogP contribution in [0.5, 0.6) is 0 Å². The smallest absolute Gasteiger partial charge is 0.269 e. The maximum Gasteiger partial charge on any atom is 0.269 e. The van der Waals surface area contributed by atoms with Crippen LogP contribution >= 0.6 is 34.3 Å². The number of carbonyl (C=O) groups excluding carboxylic acids is 1. The number of ketones is 1. The fourth-order valence-electron chi connectivity index (χ4n) is 2.45. The number of halogens is 1. The van der Waals surface area contributed by atoms with Gasteiger partial charge in [-0.1, -0.05) is 44.5 Å². The zero-order valence-electron chi connectivity index (χ0n) is 15.4. The summed E-state index contributed by atoms with van der Waals surface area (Å²) >= 11 is 9.01. The predicted octanol–water partition coefficient (Wildman–Crippen LogP) is 3.90. The number of benzene rings is 1. The zero-order valence-corrected chi connectivity index (χ0v) is 17.8. The summed E-state index contributed by atoms with van der Waals surface area (Å²) in [5.74, 6) is -0.00863. The van der Waals surface area contributed by atoms with Crippen molar-refractivity contribution >= 4 is 52.2 Å². The van der Waals surface area contributed by atoms with Crippen molar-refractivity contribution in [2.75, 3.05) is 0 Å². The molecule has 3 rings (SSSR count). The minimum atomic E-state index is -0.502. The van der Waals surface area contributed by atoms with Gasteiger partial charge in [-0.3, -0.25) is 14.2 Å². The first kappa shape index (κ1) is 19.8. The monoisotopic (exact) mass is 417 g/mol. The van der Waals surface area contributed by atoms with Gasteiger partial charge in [0.2, 0.25) is 0 Å². The second-order valence-electron chi connectivity index (χ2n) is 7.29. The van der Waals surface area contributed by atoms with Gasteiger partial charge in [0, 0.05) is 16.5 Å². The lowest BCUT2D eigenvalue weighted by atomic mass is 9.91. The summed E-state index contributed by atoms with van der Waals surface area (Å²) in [5.41, 5.74) is 1.31. The molecule has 0 aliphatic heterocycles. The van der Waals surface area contributed by atoms with Gasteiger partial charge in [0.25, 0.3) is 5.56 Å². The highest BCUT2D eigenvalue weighted by Crippen LogP contribution is 2.15. The van der Waals surface area contributed by atoms with Gasteiger partial charge >= 0.3 is 0 Å². The summed E-state index contributed by atoms with van der Waals surface area (Å²) in [4.78, 5) is 25.6. The van der Waals surface area contributed by atoms with Crippen molar-refractivity contribution in [1.82, 2.24) is 4.57 Å². The third-order valence-corrected chi connectivity index (χ3v) is 6.00. The van der Waals surface area contributed by atoms with Crippen molar-refractivity contribution in [2.45, 2.75) is 27.3 Å². The average molecular weight is 418 g/mol. The minimum absolute atomic E-state index is 0.00863. The van der Waals surface area contributed by atoms with Crippen molar-refractivity contribution in [3.05, 3.63) is 76.8 Å². The van der Waals surface area contributed by atoms with Gasteiger partial charge in [-0.05, 0) is 46.2 Å². The largest absolute Gasteiger partial charge is 0.294 e. The number of hydrogen-bond donors (Lipinski definition) is 0. The lowest BCUT2D eigenvalue weighted by molar-refractivity contribution is -0.120. The van der Waals surface area contributed by atoms with Crippen LogP contribution in [0.2, 0.25) is 5.02 Å². The van der Waals surface area contributed by atoms with Crippen molar-refractivity contribution in [1.29, 1.82) is 0 Å². The van der Waals surface area contributed by atoms with Crippen molar-refractivity contribution in [2.24, 2.45) is 5.41 Å². The molecule has 3 nitrogen and oxygen atoms in total. The molecule has 0 aliphatic rings. The van der Waals surface area contributed by atoms with E-state index in [-0.39, 0.29) is 11.3 Å². The molecule has 0 spiro atoms. The highest BCUT2D eigenvalue weighted by molar-refractivity contribution is 7.08. The molecule has 1 aromatic carbocycles. The number of hydrogen-bond acceptors (Lipinski definition) is 4. The first-order valence-corrected chi connectivity index (χ1v) is 10.6. The summed E-state index contributed by atoms with van der Waals surface area (Å²) in [6.45, 7) is 5.99. The molecule has 0 aliphatic carbocycles. The van der Waals surface area contributed by atoms with Gasteiger partial charge in [-0.2, -0.15) is 11.3 Å². The lowest BCUT2D eigenvalue weighted by Crippen LogP contribution is -2.32. The molecule has 0 atom stereocenters. The number of thiophene rings is 1. The molecule has 0 amide bonds. The number of thiazole rings is 1.